The number of carbonyl (C=O) groups is 1. The maximum absolute atomic E-state index is 13.5. The van der Waals surface area contributed by atoms with Gasteiger partial charge in [-0.2, -0.15) is 0 Å². The Balaban J connectivity index is 1.46. The van der Waals surface area contributed by atoms with Gasteiger partial charge in [-0.1, -0.05) is 24.3 Å². The van der Waals surface area contributed by atoms with Crippen LogP contribution in [0.4, 0.5) is 4.39 Å². The second kappa shape index (κ2) is 7.98. The van der Waals surface area contributed by atoms with Gasteiger partial charge in [0.2, 0.25) is 0 Å². The van der Waals surface area contributed by atoms with Crippen LogP contribution in [0.1, 0.15) is 11.1 Å². The Hall–Kier alpha value is -3.68. The monoisotopic (exact) mass is 408 g/mol. The first-order valence-corrected chi connectivity index (χ1v) is 9.57. The second-order valence-electron chi connectivity index (χ2n) is 7.12. The minimum absolute atomic E-state index is 0.0156. The molecular formula is C22H21FN4O3. The van der Waals surface area contributed by atoms with Crippen molar-refractivity contribution in [1.82, 2.24) is 19.5 Å². The zero-order valence-electron chi connectivity index (χ0n) is 16.7. The van der Waals surface area contributed by atoms with E-state index >= 15 is 0 Å². The highest BCUT2D eigenvalue weighted by atomic mass is 19.1. The van der Waals surface area contributed by atoms with Crippen LogP contribution >= 0.6 is 0 Å². The molecule has 1 amide bonds. The average Bonchev–Trinajstić information content (AvgIpc) is 3.05. The van der Waals surface area contributed by atoms with E-state index in [0.29, 0.717) is 5.65 Å². The molecular weight excluding hydrogens is 387 g/mol. The van der Waals surface area contributed by atoms with Crippen LogP contribution in [0.5, 0.6) is 5.75 Å². The van der Waals surface area contributed by atoms with E-state index in [0.717, 1.165) is 22.0 Å². The van der Waals surface area contributed by atoms with Gasteiger partial charge in [-0.25, -0.2) is 18.3 Å². The molecule has 0 aliphatic heterocycles. The second-order valence-corrected chi connectivity index (χ2v) is 7.12. The Morgan fingerprint density at radius 3 is 2.77 bits per heavy atom. The van der Waals surface area contributed by atoms with Crippen molar-refractivity contribution in [3.63, 3.8) is 0 Å². The summed E-state index contributed by atoms with van der Waals surface area (Å²) < 4.78 is 21.6. The van der Waals surface area contributed by atoms with Gasteiger partial charge in [0.05, 0.1) is 12.1 Å². The lowest BCUT2D eigenvalue weighted by molar-refractivity contribution is -0.123. The predicted molar refractivity (Wildman–Crippen MR) is 111 cm³/mol. The molecule has 0 saturated carbocycles. The summed E-state index contributed by atoms with van der Waals surface area (Å²) in [7, 11) is 0. The van der Waals surface area contributed by atoms with Crippen molar-refractivity contribution in [3.8, 4) is 5.75 Å². The number of aromatic nitrogens is 3. The number of hydrogen-bond acceptors (Lipinski definition) is 4. The summed E-state index contributed by atoms with van der Waals surface area (Å²) in [6, 6.07) is 13.8. The molecule has 4 aromatic rings. The number of aryl methyl sites for hydroxylation is 2. The lowest BCUT2D eigenvalue weighted by Gasteiger charge is -2.07. The van der Waals surface area contributed by atoms with Crippen molar-refractivity contribution in [2.45, 2.75) is 20.4 Å². The summed E-state index contributed by atoms with van der Waals surface area (Å²) in [4.78, 5) is 24.9. The summed E-state index contributed by atoms with van der Waals surface area (Å²) in [5.74, 6) is -0.923. The number of rotatable bonds is 6. The molecule has 2 heterocycles. The summed E-state index contributed by atoms with van der Waals surface area (Å²) in [6.45, 7) is 3.97. The fraction of sp³-hybridized carbons (Fsp3) is 0.227. The van der Waals surface area contributed by atoms with E-state index in [2.05, 4.69) is 10.4 Å². The fourth-order valence-electron chi connectivity index (χ4n) is 3.35. The molecule has 0 bridgehead atoms. The Kier molecular flexibility index (Phi) is 5.22. The number of fused-ring (bicyclic) bond motifs is 3. The molecule has 30 heavy (non-hydrogen) atoms. The minimum Gasteiger partial charge on any atom is -0.481 e. The van der Waals surface area contributed by atoms with Crippen molar-refractivity contribution in [2.75, 3.05) is 13.2 Å². The molecule has 0 saturated heterocycles. The lowest BCUT2D eigenvalue weighted by atomic mass is 10.1. The van der Waals surface area contributed by atoms with Gasteiger partial charge in [0.1, 0.15) is 0 Å². The molecule has 2 aromatic heterocycles. The first-order valence-electron chi connectivity index (χ1n) is 9.57. The number of nitrogens with one attached hydrogen (secondary N) is 1. The molecule has 0 fully saturated rings. The Labute approximate surface area is 171 Å². The quantitative estimate of drug-likeness (QED) is 0.532. The number of carbonyl (C=O) groups excluding carboxylic acids is 1. The summed E-state index contributed by atoms with van der Waals surface area (Å²) >= 11 is 0. The van der Waals surface area contributed by atoms with Crippen LogP contribution in [0.3, 0.4) is 0 Å². The van der Waals surface area contributed by atoms with Gasteiger partial charge >= 0.3 is 5.69 Å². The van der Waals surface area contributed by atoms with E-state index in [9.17, 15) is 14.0 Å². The Morgan fingerprint density at radius 2 is 1.97 bits per heavy atom. The molecule has 0 aliphatic rings. The number of pyridine rings is 1. The molecule has 7 nitrogen and oxygen atoms in total. The number of para-hydroxylation sites is 1. The minimum atomic E-state index is -0.528. The van der Waals surface area contributed by atoms with Gasteiger partial charge in [-0.05, 0) is 54.6 Å². The van der Waals surface area contributed by atoms with Crippen molar-refractivity contribution in [3.05, 3.63) is 76.0 Å². The Morgan fingerprint density at radius 1 is 1.17 bits per heavy atom. The summed E-state index contributed by atoms with van der Waals surface area (Å²) in [5, 5.41) is 8.05. The first kappa shape index (κ1) is 19.6. The van der Waals surface area contributed by atoms with Crippen molar-refractivity contribution < 1.29 is 13.9 Å². The molecule has 1 N–H and O–H groups in total. The lowest BCUT2D eigenvalue weighted by Crippen LogP contribution is -2.34. The van der Waals surface area contributed by atoms with Gasteiger partial charge < -0.3 is 10.1 Å². The van der Waals surface area contributed by atoms with Crippen LogP contribution in [-0.4, -0.2) is 33.2 Å². The van der Waals surface area contributed by atoms with E-state index in [-0.39, 0.29) is 31.1 Å². The molecule has 154 valence electrons. The molecule has 8 heteroatoms. The predicted octanol–water partition coefficient (Wildman–Crippen LogP) is 2.60. The third kappa shape index (κ3) is 3.76. The zero-order valence-corrected chi connectivity index (χ0v) is 16.7. The average molecular weight is 408 g/mol. The molecule has 0 spiro atoms. The van der Waals surface area contributed by atoms with E-state index < -0.39 is 11.7 Å². The third-order valence-corrected chi connectivity index (χ3v) is 4.83. The van der Waals surface area contributed by atoms with Crippen molar-refractivity contribution in [1.29, 1.82) is 0 Å². The maximum atomic E-state index is 13.5. The first-order chi connectivity index (χ1) is 14.4. The molecule has 4 rings (SSSR count). The molecule has 0 unspecified atom stereocenters. The normalized spacial score (nSPS) is 11.2. The van der Waals surface area contributed by atoms with E-state index in [4.69, 9.17) is 4.74 Å². The van der Waals surface area contributed by atoms with Crippen LogP contribution in [0.2, 0.25) is 0 Å². The summed E-state index contributed by atoms with van der Waals surface area (Å²) in [5.41, 5.74) is 3.07. The van der Waals surface area contributed by atoms with Gasteiger partial charge in [-0.3, -0.25) is 4.79 Å². The summed E-state index contributed by atoms with van der Waals surface area (Å²) in [6.07, 6.45) is 0. The highest BCUT2D eigenvalue weighted by Crippen LogP contribution is 2.19. The fourth-order valence-corrected chi connectivity index (χ4v) is 3.35. The number of halogens is 1. The smallest absolute Gasteiger partial charge is 0.350 e. The molecule has 0 aliphatic carbocycles. The van der Waals surface area contributed by atoms with Crippen LogP contribution in [0.15, 0.2) is 53.3 Å². The zero-order chi connectivity index (χ0) is 21.3. The SMILES string of the molecule is Cc1ccc2cc(C)c3nn(CCNC(=O)COc4ccccc4F)c(=O)n3c2c1. The van der Waals surface area contributed by atoms with Gasteiger partial charge in [0.15, 0.2) is 23.8 Å². The highest BCUT2D eigenvalue weighted by molar-refractivity contribution is 5.84. The van der Waals surface area contributed by atoms with E-state index in [1.54, 1.807) is 16.5 Å². The van der Waals surface area contributed by atoms with Crippen LogP contribution in [-0.2, 0) is 11.3 Å². The largest absolute Gasteiger partial charge is 0.481 e. The van der Waals surface area contributed by atoms with Gasteiger partial charge in [-0.15, -0.1) is 5.10 Å². The van der Waals surface area contributed by atoms with Gasteiger partial charge in [0.25, 0.3) is 5.91 Å². The van der Waals surface area contributed by atoms with Crippen LogP contribution < -0.4 is 15.7 Å². The van der Waals surface area contributed by atoms with Gasteiger partial charge in [0, 0.05) is 6.54 Å². The highest BCUT2D eigenvalue weighted by Gasteiger charge is 2.13. The number of amides is 1. The standard InChI is InChI=1S/C22H21FN4O3/c1-14-7-8-16-12-15(2)21-25-26(22(29)27(21)18(16)11-14)10-9-24-20(28)13-30-19-6-4-3-5-17(19)23/h3-8,11-12H,9-10,13H2,1-2H3,(H,24,28). The molecule has 2 aromatic carbocycles. The van der Waals surface area contributed by atoms with Crippen molar-refractivity contribution in [2.24, 2.45) is 0 Å². The van der Waals surface area contributed by atoms with Crippen molar-refractivity contribution >= 4 is 22.5 Å². The Bertz CT molecular complexity index is 1310. The van der Waals surface area contributed by atoms with E-state index in [1.807, 2.05) is 38.1 Å². The number of hydrogen-bond donors (Lipinski definition) is 1. The number of nitrogens with zero attached hydrogens (tertiary/aromatic N) is 3. The van der Waals surface area contributed by atoms with E-state index in [1.165, 1.54) is 16.8 Å². The number of benzene rings is 2. The molecule has 0 radical (unpaired) electrons. The third-order valence-electron chi connectivity index (χ3n) is 4.83. The number of ether oxygens (including phenoxy) is 1. The topological polar surface area (TPSA) is 77.6 Å². The maximum Gasteiger partial charge on any atom is 0.350 e. The molecule has 0 atom stereocenters. The van der Waals surface area contributed by atoms with Crippen LogP contribution in [0, 0.1) is 19.7 Å². The van der Waals surface area contributed by atoms with Crippen LogP contribution in [0.25, 0.3) is 16.6 Å².